The lowest BCUT2D eigenvalue weighted by molar-refractivity contribution is -0.195. The predicted octanol–water partition coefficient (Wildman–Crippen LogP) is 7.01. The zero-order chi connectivity index (χ0) is 23.7. The van der Waals surface area contributed by atoms with E-state index in [4.69, 9.17) is 4.74 Å². The smallest absolute Gasteiger partial charge is 0.338 e. The minimum Gasteiger partial charge on any atom is -0.464 e. The van der Waals surface area contributed by atoms with Crippen LogP contribution in [0.2, 0.25) is 0 Å². The van der Waals surface area contributed by atoms with Gasteiger partial charge in [-0.25, -0.2) is 4.79 Å². The summed E-state index contributed by atoms with van der Waals surface area (Å²) < 4.78 is 5.87. The SMILES string of the molecule is CCOC(=O)C1(O)C2C3CCCCC3C3CCCCC3C2C2C3CCCCC3C3CCCCC3C21. The van der Waals surface area contributed by atoms with Gasteiger partial charge in [-0.2, -0.15) is 0 Å². The molecule has 0 aromatic heterocycles. The van der Waals surface area contributed by atoms with Crippen molar-refractivity contribution >= 4 is 5.97 Å². The Kier molecular flexibility index (Phi) is 6.07. The first-order valence-corrected chi connectivity index (χ1v) is 16.1. The van der Waals surface area contributed by atoms with Crippen molar-refractivity contribution in [3.05, 3.63) is 0 Å². The molecule has 35 heavy (non-hydrogen) atoms. The van der Waals surface area contributed by atoms with E-state index >= 15 is 0 Å². The van der Waals surface area contributed by atoms with Crippen molar-refractivity contribution in [1.82, 2.24) is 0 Å². The van der Waals surface area contributed by atoms with Crippen LogP contribution in [-0.4, -0.2) is 23.3 Å². The van der Waals surface area contributed by atoms with Gasteiger partial charge in [-0.1, -0.05) is 51.4 Å². The Hall–Kier alpha value is -0.570. The van der Waals surface area contributed by atoms with E-state index in [-0.39, 0.29) is 17.8 Å². The van der Waals surface area contributed by atoms with Gasteiger partial charge in [-0.05, 0) is 117 Å². The zero-order valence-corrected chi connectivity index (χ0v) is 22.2. The molecule has 7 aliphatic rings. The monoisotopic (exact) mass is 482 g/mol. The highest BCUT2D eigenvalue weighted by Crippen LogP contribution is 2.73. The number of esters is 1. The van der Waals surface area contributed by atoms with E-state index in [2.05, 4.69) is 0 Å². The lowest BCUT2D eigenvalue weighted by Gasteiger charge is -2.58. The van der Waals surface area contributed by atoms with E-state index < -0.39 is 5.60 Å². The largest absolute Gasteiger partial charge is 0.464 e. The molecule has 1 N–H and O–H groups in total. The highest BCUT2D eigenvalue weighted by molar-refractivity contribution is 5.81. The number of carbonyl (C=O) groups excluding carboxylic acids is 1. The maximum atomic E-state index is 14.1. The molecule has 12 atom stereocenters. The van der Waals surface area contributed by atoms with Crippen LogP contribution in [-0.2, 0) is 9.53 Å². The molecule has 0 amide bonds. The number of fused-ring (bicyclic) bond motifs is 13. The molecule has 7 fully saturated rings. The van der Waals surface area contributed by atoms with Crippen LogP contribution >= 0.6 is 0 Å². The molecule has 196 valence electrons. The van der Waals surface area contributed by atoms with Crippen LogP contribution < -0.4 is 0 Å². The Morgan fingerprint density at radius 3 is 1.29 bits per heavy atom. The van der Waals surface area contributed by atoms with Gasteiger partial charge >= 0.3 is 5.97 Å². The van der Waals surface area contributed by atoms with Crippen molar-refractivity contribution < 1.29 is 14.6 Å². The van der Waals surface area contributed by atoms with Gasteiger partial charge in [0, 0.05) is 11.8 Å². The van der Waals surface area contributed by atoms with Crippen molar-refractivity contribution in [2.24, 2.45) is 71.0 Å². The molecular weight excluding hydrogens is 432 g/mol. The average molecular weight is 483 g/mol. The summed E-state index contributed by atoms with van der Waals surface area (Å²) in [7, 11) is 0. The number of rotatable bonds is 2. The third-order valence-corrected chi connectivity index (χ3v) is 13.4. The number of hydrogen-bond donors (Lipinski definition) is 1. The molecule has 0 aromatic carbocycles. The molecule has 0 saturated heterocycles. The summed E-state index contributed by atoms with van der Waals surface area (Å²) in [4.78, 5) is 14.1. The molecule has 0 bridgehead atoms. The quantitative estimate of drug-likeness (QED) is 0.431. The first kappa shape index (κ1) is 23.5. The van der Waals surface area contributed by atoms with E-state index in [1.807, 2.05) is 6.92 Å². The molecule has 7 rings (SSSR count). The first-order valence-electron chi connectivity index (χ1n) is 16.1. The van der Waals surface area contributed by atoms with Crippen LogP contribution in [0, 0.1) is 71.0 Å². The second kappa shape index (κ2) is 9.02. The number of carbonyl (C=O) groups is 1. The van der Waals surface area contributed by atoms with Gasteiger partial charge in [0.25, 0.3) is 0 Å². The van der Waals surface area contributed by atoms with Crippen molar-refractivity contribution in [1.29, 1.82) is 0 Å². The molecule has 3 heteroatoms. The molecule has 0 spiro atoms. The van der Waals surface area contributed by atoms with E-state index in [1.54, 1.807) is 0 Å². The predicted molar refractivity (Wildman–Crippen MR) is 137 cm³/mol. The third kappa shape index (κ3) is 3.27. The zero-order valence-electron chi connectivity index (χ0n) is 22.2. The summed E-state index contributed by atoms with van der Waals surface area (Å²) in [5, 5.41) is 13.1. The van der Waals surface area contributed by atoms with E-state index in [1.165, 1.54) is 103 Å². The minimum absolute atomic E-state index is 0.171. The van der Waals surface area contributed by atoms with E-state index in [0.29, 0.717) is 30.3 Å². The van der Waals surface area contributed by atoms with Crippen LogP contribution in [0.3, 0.4) is 0 Å². The molecule has 12 unspecified atom stereocenters. The van der Waals surface area contributed by atoms with Gasteiger partial charge in [-0.15, -0.1) is 0 Å². The summed E-state index contributed by atoms with van der Waals surface area (Å²) in [5.74, 6) is 7.14. The lowest BCUT2D eigenvalue weighted by atomic mass is 9.46. The Balaban J connectivity index is 1.40. The molecular formula is C32H50O3. The highest BCUT2D eigenvalue weighted by Gasteiger charge is 2.75. The second-order valence-electron chi connectivity index (χ2n) is 14.2. The third-order valence-electron chi connectivity index (χ3n) is 13.4. The van der Waals surface area contributed by atoms with Crippen molar-refractivity contribution in [2.75, 3.05) is 6.61 Å². The standard InChI is InChI=1S/C32H50O3/c1-2-35-31(33)32(34)29-25-17-9-5-13-21(25)19-11-3-7-15-23(19)27(29)28-24-16-8-4-12-20(24)22-14-6-10-18-26(22)30(28)32/h19-30,34H,2-18H2,1H3. The van der Waals surface area contributed by atoms with Crippen molar-refractivity contribution in [2.45, 2.75) is 115 Å². The molecule has 3 nitrogen and oxygen atoms in total. The minimum atomic E-state index is -1.23. The van der Waals surface area contributed by atoms with Gasteiger partial charge in [0.2, 0.25) is 0 Å². The van der Waals surface area contributed by atoms with Gasteiger partial charge in [0.05, 0.1) is 6.61 Å². The highest BCUT2D eigenvalue weighted by atomic mass is 16.5. The van der Waals surface area contributed by atoms with Crippen LogP contribution in [0.1, 0.15) is 110 Å². The summed E-state index contributed by atoms with van der Waals surface area (Å²) in [6.07, 6.45) is 21.7. The Morgan fingerprint density at radius 2 is 0.914 bits per heavy atom. The summed E-state index contributed by atoms with van der Waals surface area (Å²) in [5.41, 5.74) is -1.23. The molecule has 0 heterocycles. The number of ether oxygens (including phenoxy) is 1. The number of aliphatic hydroxyl groups is 1. The van der Waals surface area contributed by atoms with Crippen LogP contribution in [0.5, 0.6) is 0 Å². The van der Waals surface area contributed by atoms with E-state index in [9.17, 15) is 9.90 Å². The van der Waals surface area contributed by atoms with Gasteiger partial charge in [-0.3, -0.25) is 0 Å². The van der Waals surface area contributed by atoms with Gasteiger partial charge in [0.15, 0.2) is 5.60 Å². The van der Waals surface area contributed by atoms with Crippen molar-refractivity contribution in [3.63, 3.8) is 0 Å². The molecule has 7 aliphatic carbocycles. The summed E-state index contributed by atoms with van der Waals surface area (Å²) in [6.45, 7) is 2.34. The first-order chi connectivity index (χ1) is 17.2. The Labute approximate surface area is 213 Å². The van der Waals surface area contributed by atoms with E-state index in [0.717, 1.165) is 35.5 Å². The second-order valence-corrected chi connectivity index (χ2v) is 14.2. The van der Waals surface area contributed by atoms with Crippen LogP contribution in [0.25, 0.3) is 0 Å². The number of hydrogen-bond acceptors (Lipinski definition) is 3. The van der Waals surface area contributed by atoms with Crippen molar-refractivity contribution in [3.8, 4) is 0 Å². The fourth-order valence-corrected chi connectivity index (χ4v) is 12.9. The fourth-order valence-electron chi connectivity index (χ4n) is 12.9. The normalized spacial score (nSPS) is 54.8. The van der Waals surface area contributed by atoms with Gasteiger partial charge < -0.3 is 9.84 Å². The molecule has 0 radical (unpaired) electrons. The molecule has 0 aromatic rings. The van der Waals surface area contributed by atoms with Gasteiger partial charge in [0.1, 0.15) is 0 Å². The molecule has 0 aliphatic heterocycles. The maximum absolute atomic E-state index is 14.1. The fraction of sp³-hybridized carbons (Fsp3) is 0.969. The maximum Gasteiger partial charge on any atom is 0.338 e. The Bertz CT molecular complexity index is 753. The topological polar surface area (TPSA) is 46.5 Å². The summed E-state index contributed by atoms with van der Waals surface area (Å²) >= 11 is 0. The average Bonchev–Trinajstić information content (AvgIpc) is 3.20. The van der Waals surface area contributed by atoms with Crippen LogP contribution in [0.4, 0.5) is 0 Å². The van der Waals surface area contributed by atoms with Crippen LogP contribution in [0.15, 0.2) is 0 Å². The lowest BCUT2D eigenvalue weighted by Crippen LogP contribution is -2.59. The summed E-state index contributed by atoms with van der Waals surface area (Å²) in [6, 6.07) is 0. The molecule has 7 saturated carbocycles. The Morgan fingerprint density at radius 1 is 0.600 bits per heavy atom.